The van der Waals surface area contributed by atoms with Crippen LogP contribution in [0.25, 0.3) is 0 Å². The van der Waals surface area contributed by atoms with Crippen LogP contribution in [-0.2, 0) is 14.6 Å². The largest absolute Gasteiger partial charge is 0.444 e. The van der Waals surface area contributed by atoms with Gasteiger partial charge in [-0.15, -0.1) is 0 Å². The molecule has 18 heavy (non-hydrogen) atoms. The molecule has 96 valence electrons. The zero-order valence-electron chi connectivity index (χ0n) is 10.3. The van der Waals surface area contributed by atoms with Crippen LogP contribution in [0.3, 0.4) is 0 Å². The molecule has 0 radical (unpaired) electrons. The summed E-state index contributed by atoms with van der Waals surface area (Å²) in [6.07, 6.45) is 0.184. The van der Waals surface area contributed by atoms with Crippen LogP contribution in [0.4, 0.5) is 0 Å². The van der Waals surface area contributed by atoms with Crippen molar-refractivity contribution < 1.29 is 17.9 Å². The highest BCUT2D eigenvalue weighted by molar-refractivity contribution is 7.90. The van der Waals surface area contributed by atoms with E-state index in [2.05, 4.69) is 0 Å². The van der Waals surface area contributed by atoms with Gasteiger partial charge in [0.05, 0.1) is 10.5 Å². The lowest BCUT2D eigenvalue weighted by Crippen LogP contribution is -2.14. The Morgan fingerprint density at radius 3 is 2.56 bits per heavy atom. The molecule has 1 aromatic rings. The summed E-state index contributed by atoms with van der Waals surface area (Å²) in [7, 11) is -3.38. The van der Waals surface area contributed by atoms with E-state index in [1.165, 1.54) is 25.1 Å². The van der Waals surface area contributed by atoms with Gasteiger partial charge in [0, 0.05) is 6.26 Å². The first-order chi connectivity index (χ1) is 8.25. The Hall–Kier alpha value is -1.87. The summed E-state index contributed by atoms with van der Waals surface area (Å²) in [6.45, 7) is 3.10. The quantitative estimate of drug-likeness (QED) is 0.774. The van der Waals surface area contributed by atoms with E-state index < -0.39 is 21.9 Å². The summed E-state index contributed by atoms with van der Waals surface area (Å²) in [4.78, 5) is 11.8. The highest BCUT2D eigenvalue weighted by Gasteiger charge is 2.17. The molecule has 0 bridgehead atoms. The third kappa shape index (κ3) is 3.31. The molecule has 1 rings (SSSR count). The standard InChI is InChI=1S/C12H13NO4S/c1-8-4-5-10(18(3,15)16)6-11(8)12(14)17-9(2)7-13/h4-6,9H,1-3H3/t9-/m0/s1. The van der Waals surface area contributed by atoms with Crippen molar-refractivity contribution in [3.05, 3.63) is 29.3 Å². The van der Waals surface area contributed by atoms with E-state index in [1.807, 2.05) is 0 Å². The summed E-state index contributed by atoms with van der Waals surface area (Å²) in [5.41, 5.74) is 0.748. The zero-order chi connectivity index (χ0) is 13.9. The number of aryl methyl sites for hydroxylation is 1. The maximum Gasteiger partial charge on any atom is 0.339 e. The van der Waals surface area contributed by atoms with Gasteiger partial charge in [0.2, 0.25) is 0 Å². The Balaban J connectivity index is 3.17. The van der Waals surface area contributed by atoms with Crippen molar-refractivity contribution >= 4 is 15.8 Å². The van der Waals surface area contributed by atoms with Crippen molar-refractivity contribution in [3.63, 3.8) is 0 Å². The molecule has 0 aliphatic rings. The molecule has 0 aromatic heterocycles. The van der Waals surface area contributed by atoms with Gasteiger partial charge in [0.15, 0.2) is 15.9 Å². The maximum atomic E-state index is 11.7. The molecule has 0 unspecified atom stereocenters. The van der Waals surface area contributed by atoms with Gasteiger partial charge in [-0.25, -0.2) is 13.2 Å². The molecule has 0 saturated heterocycles. The normalized spacial score (nSPS) is 12.6. The maximum absolute atomic E-state index is 11.7. The lowest BCUT2D eigenvalue weighted by Gasteiger charge is -2.09. The molecule has 0 aliphatic carbocycles. The fourth-order valence-electron chi connectivity index (χ4n) is 1.30. The first kappa shape index (κ1) is 14.2. The Morgan fingerprint density at radius 1 is 1.44 bits per heavy atom. The van der Waals surface area contributed by atoms with Crippen LogP contribution in [0.5, 0.6) is 0 Å². The third-order valence-corrected chi connectivity index (χ3v) is 3.43. The van der Waals surface area contributed by atoms with E-state index in [0.717, 1.165) is 6.26 Å². The van der Waals surface area contributed by atoms with Crippen LogP contribution in [0.15, 0.2) is 23.1 Å². The van der Waals surface area contributed by atoms with Crippen LogP contribution in [0, 0.1) is 18.3 Å². The predicted molar refractivity (Wildman–Crippen MR) is 64.8 cm³/mol. The minimum atomic E-state index is -3.38. The van der Waals surface area contributed by atoms with Gasteiger partial charge < -0.3 is 4.74 Å². The van der Waals surface area contributed by atoms with Gasteiger partial charge in [-0.3, -0.25) is 0 Å². The minimum absolute atomic E-state index is 0.0460. The highest BCUT2D eigenvalue weighted by atomic mass is 32.2. The number of carbonyl (C=O) groups excluding carboxylic acids is 1. The SMILES string of the molecule is Cc1ccc(S(C)(=O)=O)cc1C(=O)O[C@@H](C)C#N. The first-order valence-electron chi connectivity index (χ1n) is 5.17. The fraction of sp³-hybridized carbons (Fsp3) is 0.333. The van der Waals surface area contributed by atoms with Gasteiger partial charge in [-0.1, -0.05) is 6.07 Å². The Kier molecular flexibility index (Phi) is 4.09. The minimum Gasteiger partial charge on any atom is -0.444 e. The van der Waals surface area contributed by atoms with Crippen molar-refractivity contribution in [2.24, 2.45) is 0 Å². The van der Waals surface area contributed by atoms with Gasteiger partial charge in [0.1, 0.15) is 6.07 Å². The van der Waals surface area contributed by atoms with E-state index in [9.17, 15) is 13.2 Å². The van der Waals surface area contributed by atoms with E-state index in [-0.39, 0.29) is 10.5 Å². The van der Waals surface area contributed by atoms with Crippen LogP contribution in [0.2, 0.25) is 0 Å². The number of carbonyl (C=O) groups is 1. The molecule has 1 aromatic carbocycles. The van der Waals surface area contributed by atoms with Crippen molar-refractivity contribution in [3.8, 4) is 6.07 Å². The molecule has 6 heteroatoms. The molecule has 0 saturated carbocycles. The van der Waals surface area contributed by atoms with Gasteiger partial charge in [-0.05, 0) is 31.5 Å². The monoisotopic (exact) mass is 267 g/mol. The Bertz CT molecular complexity index is 613. The molecule has 0 N–H and O–H groups in total. The van der Waals surface area contributed by atoms with Crippen molar-refractivity contribution in [2.75, 3.05) is 6.26 Å². The average Bonchev–Trinajstić information content (AvgIpc) is 2.27. The molecular formula is C12H13NO4S. The predicted octanol–water partition coefficient (Wildman–Crippen LogP) is 1.47. The Labute approximate surface area is 106 Å². The first-order valence-corrected chi connectivity index (χ1v) is 7.06. The number of rotatable bonds is 3. The van der Waals surface area contributed by atoms with E-state index in [1.54, 1.807) is 13.0 Å². The Morgan fingerprint density at radius 2 is 2.06 bits per heavy atom. The number of benzene rings is 1. The van der Waals surface area contributed by atoms with Gasteiger partial charge >= 0.3 is 5.97 Å². The molecule has 0 aliphatic heterocycles. The number of hydrogen-bond donors (Lipinski definition) is 0. The molecule has 0 spiro atoms. The third-order valence-electron chi connectivity index (χ3n) is 2.32. The number of esters is 1. The van der Waals surface area contributed by atoms with E-state index in [0.29, 0.717) is 5.56 Å². The van der Waals surface area contributed by atoms with Crippen molar-refractivity contribution in [1.82, 2.24) is 0 Å². The summed E-state index contributed by atoms with van der Waals surface area (Å²) < 4.78 is 27.6. The molecule has 1 atom stereocenters. The van der Waals surface area contributed by atoms with Crippen LogP contribution in [-0.4, -0.2) is 26.7 Å². The number of nitrogens with zero attached hydrogens (tertiary/aromatic N) is 1. The summed E-state index contributed by atoms with van der Waals surface area (Å²) >= 11 is 0. The van der Waals surface area contributed by atoms with Gasteiger partial charge in [0.25, 0.3) is 0 Å². The topological polar surface area (TPSA) is 84.2 Å². The molecule has 5 nitrogen and oxygen atoms in total. The highest BCUT2D eigenvalue weighted by Crippen LogP contribution is 2.17. The molecule has 0 fully saturated rings. The fourth-order valence-corrected chi connectivity index (χ4v) is 1.95. The number of sulfone groups is 1. The lowest BCUT2D eigenvalue weighted by atomic mass is 10.1. The summed E-state index contributed by atoms with van der Waals surface area (Å²) in [5.74, 6) is -0.702. The van der Waals surface area contributed by atoms with Crippen molar-refractivity contribution in [1.29, 1.82) is 5.26 Å². The zero-order valence-corrected chi connectivity index (χ0v) is 11.1. The number of ether oxygens (including phenoxy) is 1. The average molecular weight is 267 g/mol. The van der Waals surface area contributed by atoms with Crippen LogP contribution in [0.1, 0.15) is 22.8 Å². The van der Waals surface area contributed by atoms with Crippen LogP contribution < -0.4 is 0 Å². The lowest BCUT2D eigenvalue weighted by molar-refractivity contribution is 0.0434. The van der Waals surface area contributed by atoms with Crippen molar-refractivity contribution in [2.45, 2.75) is 24.8 Å². The second kappa shape index (κ2) is 5.19. The van der Waals surface area contributed by atoms with Crippen LogP contribution >= 0.6 is 0 Å². The van der Waals surface area contributed by atoms with E-state index >= 15 is 0 Å². The molecule has 0 heterocycles. The molecule has 0 amide bonds. The summed E-state index contributed by atoms with van der Waals surface area (Å²) in [6, 6.07) is 5.99. The molecular weight excluding hydrogens is 254 g/mol. The van der Waals surface area contributed by atoms with Gasteiger partial charge in [-0.2, -0.15) is 5.26 Å². The summed E-state index contributed by atoms with van der Waals surface area (Å²) in [5, 5.41) is 8.56. The number of nitriles is 1. The van der Waals surface area contributed by atoms with E-state index in [4.69, 9.17) is 10.00 Å². The second-order valence-corrected chi connectivity index (χ2v) is 5.94. The number of hydrogen-bond acceptors (Lipinski definition) is 5. The smallest absolute Gasteiger partial charge is 0.339 e. The second-order valence-electron chi connectivity index (χ2n) is 3.93.